The van der Waals surface area contributed by atoms with Gasteiger partial charge in [-0.3, -0.25) is 9.59 Å². The lowest BCUT2D eigenvalue weighted by Crippen LogP contribution is -2.44. The number of amides is 2. The number of thiazole rings is 1. The van der Waals surface area contributed by atoms with Gasteiger partial charge < -0.3 is 14.6 Å². The van der Waals surface area contributed by atoms with Gasteiger partial charge in [0.1, 0.15) is 22.9 Å². The Bertz CT molecular complexity index is 1430. The number of nitrogens with one attached hydrogen (secondary N) is 1. The summed E-state index contributed by atoms with van der Waals surface area (Å²) < 4.78 is 19.0. The number of hydrogen-bond acceptors (Lipinski definition) is 6. The van der Waals surface area contributed by atoms with Crippen LogP contribution in [-0.4, -0.2) is 45.9 Å². The molecule has 1 fully saturated rings. The highest BCUT2D eigenvalue weighted by Gasteiger charge is 2.33. The number of benzene rings is 2. The van der Waals surface area contributed by atoms with Crippen LogP contribution in [0, 0.1) is 19.7 Å². The van der Waals surface area contributed by atoms with E-state index in [0.29, 0.717) is 49.5 Å². The Labute approximate surface area is 214 Å². The minimum absolute atomic E-state index is 0.194. The highest BCUT2D eigenvalue weighted by Crippen LogP contribution is 2.33. The molecule has 1 N–H and O–H groups in total. The Morgan fingerprint density at radius 3 is 2.77 bits per heavy atom. The number of furan rings is 1. The van der Waals surface area contributed by atoms with Crippen molar-refractivity contribution in [3.05, 3.63) is 75.3 Å². The van der Waals surface area contributed by atoms with E-state index in [-0.39, 0.29) is 30.2 Å². The van der Waals surface area contributed by atoms with Crippen molar-refractivity contribution in [1.29, 1.82) is 0 Å². The van der Waals surface area contributed by atoms with Crippen molar-refractivity contribution in [3.63, 3.8) is 0 Å². The normalized spacial score (nSPS) is 15.7. The van der Waals surface area contributed by atoms with Gasteiger partial charge >= 0.3 is 0 Å². The van der Waals surface area contributed by atoms with E-state index < -0.39 is 0 Å². The van der Waals surface area contributed by atoms with Gasteiger partial charge in [-0.2, -0.15) is 0 Å². The SMILES string of the molecule is Cc1cc2c(C(=O)NC[C@@H]3CSCN3C(=O)c3nc(C)sc3-c3ccc(F)cc3)cc(Cl)cc2o1. The summed E-state index contributed by atoms with van der Waals surface area (Å²) in [6.07, 6.45) is 0. The van der Waals surface area contributed by atoms with Crippen molar-refractivity contribution in [2.75, 3.05) is 18.2 Å². The lowest BCUT2D eigenvalue weighted by molar-refractivity contribution is 0.0732. The van der Waals surface area contributed by atoms with Crippen molar-refractivity contribution in [1.82, 2.24) is 15.2 Å². The second-order valence-electron chi connectivity index (χ2n) is 8.28. The van der Waals surface area contributed by atoms with E-state index in [9.17, 15) is 14.0 Å². The maximum Gasteiger partial charge on any atom is 0.275 e. The molecule has 0 radical (unpaired) electrons. The molecule has 1 aliphatic heterocycles. The molecule has 4 aromatic rings. The maximum absolute atomic E-state index is 13.5. The Kier molecular flexibility index (Phi) is 6.57. The average molecular weight is 530 g/mol. The van der Waals surface area contributed by atoms with Crippen LogP contribution in [0.2, 0.25) is 5.02 Å². The summed E-state index contributed by atoms with van der Waals surface area (Å²) in [6, 6.07) is 11.0. The number of aryl methyl sites for hydroxylation is 2. The summed E-state index contributed by atoms with van der Waals surface area (Å²) in [5, 5.41) is 4.82. The van der Waals surface area contributed by atoms with Gasteiger partial charge in [0.05, 0.1) is 27.4 Å². The van der Waals surface area contributed by atoms with Crippen LogP contribution in [0.5, 0.6) is 0 Å². The highest BCUT2D eigenvalue weighted by atomic mass is 35.5. The minimum Gasteiger partial charge on any atom is -0.461 e. The van der Waals surface area contributed by atoms with E-state index in [1.165, 1.54) is 23.5 Å². The number of carbonyl (C=O) groups excluding carboxylic acids is 2. The number of aromatic nitrogens is 1. The van der Waals surface area contributed by atoms with Gasteiger partial charge in [0.25, 0.3) is 11.8 Å². The van der Waals surface area contributed by atoms with Gasteiger partial charge in [-0.15, -0.1) is 23.1 Å². The fraction of sp³-hybridized carbons (Fsp3) is 0.240. The predicted octanol–water partition coefficient (Wildman–Crippen LogP) is 5.91. The van der Waals surface area contributed by atoms with Crippen LogP contribution in [0.3, 0.4) is 0 Å². The zero-order chi connectivity index (χ0) is 24.7. The van der Waals surface area contributed by atoms with Crippen LogP contribution in [-0.2, 0) is 0 Å². The fourth-order valence-electron chi connectivity index (χ4n) is 4.11. The van der Waals surface area contributed by atoms with Gasteiger partial charge in [0.2, 0.25) is 0 Å². The summed E-state index contributed by atoms with van der Waals surface area (Å²) in [5.74, 6) is 1.07. The first kappa shape index (κ1) is 23.8. The molecule has 0 bridgehead atoms. The van der Waals surface area contributed by atoms with Crippen LogP contribution >= 0.6 is 34.7 Å². The predicted molar refractivity (Wildman–Crippen MR) is 138 cm³/mol. The molecule has 1 atom stereocenters. The molecule has 5 rings (SSSR count). The third-order valence-electron chi connectivity index (χ3n) is 5.75. The standard InChI is InChI=1S/C25H21ClFN3O3S2/c1-13-7-19-20(8-16(26)9-21(19)33-13)24(31)28-10-18-11-34-12-30(18)25(32)22-23(35-14(2)29-22)15-3-5-17(27)6-4-15/h3-9,18H,10-12H2,1-2H3,(H,28,31)/t18-/m1/s1. The number of halogens is 2. The topological polar surface area (TPSA) is 75.4 Å². The Morgan fingerprint density at radius 1 is 1.23 bits per heavy atom. The quantitative estimate of drug-likeness (QED) is 0.348. The summed E-state index contributed by atoms with van der Waals surface area (Å²) in [5.41, 5.74) is 2.09. The third-order valence-corrected chi connectivity index (χ3v) is 8.07. The van der Waals surface area contributed by atoms with E-state index in [2.05, 4.69) is 10.3 Å². The second kappa shape index (κ2) is 9.64. The summed E-state index contributed by atoms with van der Waals surface area (Å²) >= 11 is 9.22. The molecule has 1 aliphatic rings. The molecule has 10 heteroatoms. The number of hydrogen-bond donors (Lipinski definition) is 1. The largest absolute Gasteiger partial charge is 0.461 e. The smallest absolute Gasteiger partial charge is 0.275 e. The molecule has 0 unspecified atom stereocenters. The number of rotatable bonds is 5. The van der Waals surface area contributed by atoms with Crippen molar-refractivity contribution in [3.8, 4) is 10.4 Å². The molecule has 2 aromatic carbocycles. The van der Waals surface area contributed by atoms with Gasteiger partial charge in [-0.1, -0.05) is 23.7 Å². The van der Waals surface area contributed by atoms with Crippen LogP contribution in [0.15, 0.2) is 46.9 Å². The van der Waals surface area contributed by atoms with E-state index in [1.807, 2.05) is 19.9 Å². The molecule has 0 spiro atoms. The molecule has 2 amide bonds. The van der Waals surface area contributed by atoms with Gasteiger partial charge in [-0.05, 0) is 43.7 Å². The maximum atomic E-state index is 13.5. The summed E-state index contributed by atoms with van der Waals surface area (Å²) in [4.78, 5) is 33.5. The third kappa shape index (κ3) is 4.80. The summed E-state index contributed by atoms with van der Waals surface area (Å²) in [7, 11) is 0. The molecule has 2 aromatic heterocycles. The van der Waals surface area contributed by atoms with E-state index in [0.717, 1.165) is 10.6 Å². The van der Waals surface area contributed by atoms with Crippen molar-refractivity contribution in [2.24, 2.45) is 0 Å². The number of thioether (sulfide) groups is 1. The lowest BCUT2D eigenvalue weighted by atomic mass is 10.1. The van der Waals surface area contributed by atoms with Gasteiger partial charge in [-0.25, -0.2) is 9.37 Å². The van der Waals surface area contributed by atoms with Crippen LogP contribution in [0.4, 0.5) is 4.39 Å². The number of nitrogens with zero attached hydrogens (tertiary/aromatic N) is 2. The minimum atomic E-state index is -0.336. The molecule has 35 heavy (non-hydrogen) atoms. The zero-order valence-electron chi connectivity index (χ0n) is 18.9. The van der Waals surface area contributed by atoms with Gasteiger partial charge in [0.15, 0.2) is 0 Å². The first-order valence-electron chi connectivity index (χ1n) is 10.9. The Morgan fingerprint density at radius 2 is 2.00 bits per heavy atom. The molecular formula is C25H21ClFN3O3S2. The molecule has 0 aliphatic carbocycles. The first-order valence-corrected chi connectivity index (χ1v) is 13.2. The first-order chi connectivity index (χ1) is 16.8. The number of fused-ring (bicyclic) bond motifs is 1. The van der Waals surface area contributed by atoms with E-state index in [4.69, 9.17) is 16.0 Å². The second-order valence-corrected chi connectivity index (χ2v) is 10.9. The molecular weight excluding hydrogens is 509 g/mol. The van der Waals surface area contributed by atoms with Crippen LogP contribution in [0.1, 0.15) is 31.6 Å². The number of carbonyl (C=O) groups is 2. The monoisotopic (exact) mass is 529 g/mol. The molecule has 6 nitrogen and oxygen atoms in total. The summed E-state index contributed by atoms with van der Waals surface area (Å²) in [6.45, 7) is 3.95. The van der Waals surface area contributed by atoms with Crippen LogP contribution in [0.25, 0.3) is 21.4 Å². The lowest BCUT2D eigenvalue weighted by Gasteiger charge is -2.24. The van der Waals surface area contributed by atoms with Crippen molar-refractivity contribution >= 4 is 57.5 Å². The Hall–Kier alpha value is -2.88. The van der Waals surface area contributed by atoms with E-state index >= 15 is 0 Å². The molecule has 0 saturated carbocycles. The van der Waals surface area contributed by atoms with Crippen molar-refractivity contribution < 1.29 is 18.4 Å². The van der Waals surface area contributed by atoms with Gasteiger partial charge in [0, 0.05) is 28.8 Å². The molecule has 180 valence electrons. The fourth-order valence-corrected chi connectivity index (χ4v) is 6.43. The highest BCUT2D eigenvalue weighted by molar-refractivity contribution is 7.99. The Balaban J connectivity index is 1.34. The zero-order valence-corrected chi connectivity index (χ0v) is 21.3. The molecule has 1 saturated heterocycles. The van der Waals surface area contributed by atoms with Crippen LogP contribution < -0.4 is 5.32 Å². The molecule has 3 heterocycles. The van der Waals surface area contributed by atoms with E-state index in [1.54, 1.807) is 40.9 Å². The van der Waals surface area contributed by atoms with Crippen molar-refractivity contribution in [2.45, 2.75) is 19.9 Å². The average Bonchev–Trinajstić information content (AvgIpc) is 3.54.